The number of hydrogen-bond donors (Lipinski definition) is 3. The van der Waals surface area contributed by atoms with Gasteiger partial charge >= 0.3 is 0 Å². The van der Waals surface area contributed by atoms with Gasteiger partial charge in [0.25, 0.3) is 5.91 Å². The molecule has 3 rings (SSSR count). The van der Waals surface area contributed by atoms with E-state index in [-0.39, 0.29) is 30.5 Å². The first-order valence-corrected chi connectivity index (χ1v) is 9.37. The van der Waals surface area contributed by atoms with Crippen molar-refractivity contribution in [2.24, 2.45) is 0 Å². The van der Waals surface area contributed by atoms with Gasteiger partial charge in [-0.25, -0.2) is 4.68 Å². The molecule has 0 fully saturated rings. The molecular formula is C19H18Cl2N6O2. The second kappa shape index (κ2) is 8.93. The minimum atomic E-state index is -0.514. The van der Waals surface area contributed by atoms with Crippen LogP contribution in [-0.2, 0) is 17.9 Å². The van der Waals surface area contributed by atoms with Crippen molar-refractivity contribution in [2.45, 2.75) is 20.0 Å². The van der Waals surface area contributed by atoms with Crippen LogP contribution < -0.4 is 16.4 Å². The summed E-state index contributed by atoms with van der Waals surface area (Å²) in [5, 5.41) is 14.0. The maximum absolute atomic E-state index is 12.4. The number of nitrogens with one attached hydrogen (secondary N) is 2. The average molecular weight is 433 g/mol. The van der Waals surface area contributed by atoms with Gasteiger partial charge in [-0.2, -0.15) is 0 Å². The molecule has 0 saturated heterocycles. The van der Waals surface area contributed by atoms with Crippen molar-refractivity contribution in [2.75, 3.05) is 11.1 Å². The predicted octanol–water partition coefficient (Wildman–Crippen LogP) is 3.04. The molecule has 2 aromatic carbocycles. The highest BCUT2D eigenvalue weighted by molar-refractivity contribution is 6.31. The lowest BCUT2D eigenvalue weighted by Gasteiger charge is -2.09. The largest absolute Gasteiger partial charge is 0.382 e. The minimum absolute atomic E-state index is 0.0142. The first kappa shape index (κ1) is 20.6. The van der Waals surface area contributed by atoms with Crippen molar-refractivity contribution < 1.29 is 9.59 Å². The van der Waals surface area contributed by atoms with Crippen LogP contribution in [0.1, 0.15) is 21.6 Å². The molecule has 0 aliphatic rings. The Labute approximate surface area is 177 Å². The van der Waals surface area contributed by atoms with E-state index in [2.05, 4.69) is 20.9 Å². The second-order valence-electron chi connectivity index (χ2n) is 6.26. The van der Waals surface area contributed by atoms with Crippen molar-refractivity contribution in [3.63, 3.8) is 0 Å². The van der Waals surface area contributed by atoms with Crippen molar-refractivity contribution in [3.05, 3.63) is 69.3 Å². The summed E-state index contributed by atoms with van der Waals surface area (Å²) < 4.78 is 1.15. The third-order valence-corrected chi connectivity index (χ3v) is 4.76. The van der Waals surface area contributed by atoms with Crippen LogP contribution >= 0.6 is 23.2 Å². The number of benzene rings is 2. The van der Waals surface area contributed by atoms with Crippen molar-refractivity contribution >= 4 is 46.5 Å². The molecule has 0 aliphatic heterocycles. The maximum atomic E-state index is 12.4. The highest BCUT2D eigenvalue weighted by atomic mass is 35.5. The average Bonchev–Trinajstić information content (AvgIpc) is 3.04. The predicted molar refractivity (Wildman–Crippen MR) is 112 cm³/mol. The van der Waals surface area contributed by atoms with Crippen LogP contribution in [-0.4, -0.2) is 26.8 Å². The molecule has 1 aromatic heterocycles. The quantitative estimate of drug-likeness (QED) is 0.553. The Balaban J connectivity index is 1.64. The molecule has 0 bridgehead atoms. The summed E-state index contributed by atoms with van der Waals surface area (Å²) in [6.45, 7) is 1.85. The Morgan fingerprint density at radius 2 is 1.93 bits per heavy atom. The van der Waals surface area contributed by atoms with Crippen molar-refractivity contribution in [3.8, 4) is 0 Å². The highest BCUT2D eigenvalue weighted by Crippen LogP contribution is 2.20. The number of carbonyl (C=O) groups is 2. The van der Waals surface area contributed by atoms with Crippen LogP contribution in [0.3, 0.4) is 0 Å². The summed E-state index contributed by atoms with van der Waals surface area (Å²) in [6, 6.07) is 12.3. The van der Waals surface area contributed by atoms with E-state index in [4.69, 9.17) is 28.9 Å². The van der Waals surface area contributed by atoms with Gasteiger partial charge in [0.2, 0.25) is 5.91 Å². The zero-order valence-electron chi connectivity index (χ0n) is 15.4. The third-order valence-electron chi connectivity index (χ3n) is 4.15. The standard InChI is InChI=1S/C19H18Cl2N6O2/c1-11-6-7-13(20)8-15(11)24-16(28)10-27-18(22)17(25-26-27)19(29)23-9-12-4-2-3-5-14(12)21/h2-8H,9-10,22H2,1H3,(H,23,29)(H,24,28). The van der Waals surface area contributed by atoms with Crippen LogP contribution in [0.15, 0.2) is 42.5 Å². The number of nitrogens with zero attached hydrogens (tertiary/aromatic N) is 3. The Bertz CT molecular complexity index is 1070. The molecule has 0 spiro atoms. The van der Waals surface area contributed by atoms with Crippen molar-refractivity contribution in [1.29, 1.82) is 0 Å². The molecule has 0 unspecified atom stereocenters. The summed E-state index contributed by atoms with van der Waals surface area (Å²) in [6.07, 6.45) is 0. The summed E-state index contributed by atoms with van der Waals surface area (Å²) in [5.74, 6) is -0.908. The lowest BCUT2D eigenvalue weighted by Crippen LogP contribution is -2.25. The number of aryl methyl sites for hydroxylation is 1. The number of anilines is 2. The zero-order valence-corrected chi connectivity index (χ0v) is 17.0. The van der Waals surface area contributed by atoms with Gasteiger partial charge in [0, 0.05) is 22.3 Å². The monoisotopic (exact) mass is 432 g/mol. The maximum Gasteiger partial charge on any atom is 0.275 e. The van der Waals surface area contributed by atoms with Crippen LogP contribution in [0.5, 0.6) is 0 Å². The second-order valence-corrected chi connectivity index (χ2v) is 7.11. The summed E-state index contributed by atoms with van der Waals surface area (Å²) in [4.78, 5) is 24.7. The molecular weight excluding hydrogens is 415 g/mol. The molecule has 1 heterocycles. The van der Waals surface area contributed by atoms with Crippen LogP contribution in [0.4, 0.5) is 11.5 Å². The molecule has 10 heteroatoms. The summed E-state index contributed by atoms with van der Waals surface area (Å²) in [5.41, 5.74) is 8.08. The van der Waals surface area contributed by atoms with Gasteiger partial charge in [0.15, 0.2) is 11.5 Å². The first-order chi connectivity index (χ1) is 13.8. The molecule has 0 aliphatic carbocycles. The van der Waals surface area contributed by atoms with Gasteiger partial charge in [0.1, 0.15) is 6.54 Å². The Morgan fingerprint density at radius 1 is 1.17 bits per heavy atom. The summed E-state index contributed by atoms with van der Waals surface area (Å²) in [7, 11) is 0. The molecule has 0 saturated carbocycles. The number of nitrogens with two attached hydrogens (primary N) is 1. The van der Waals surface area contributed by atoms with Crippen LogP contribution in [0, 0.1) is 6.92 Å². The molecule has 8 nitrogen and oxygen atoms in total. The van der Waals surface area contributed by atoms with E-state index in [1.54, 1.807) is 36.4 Å². The van der Waals surface area contributed by atoms with E-state index in [1.165, 1.54) is 0 Å². The fraction of sp³-hybridized carbons (Fsp3) is 0.158. The van der Waals surface area contributed by atoms with Crippen LogP contribution in [0.2, 0.25) is 10.0 Å². The molecule has 2 amide bonds. The Kier molecular flexibility index (Phi) is 6.36. The fourth-order valence-corrected chi connectivity index (χ4v) is 2.93. The Hall–Kier alpha value is -3.10. The molecule has 4 N–H and O–H groups in total. The van der Waals surface area contributed by atoms with Crippen molar-refractivity contribution in [1.82, 2.24) is 20.3 Å². The Morgan fingerprint density at radius 3 is 2.69 bits per heavy atom. The normalized spacial score (nSPS) is 10.6. The van der Waals surface area contributed by atoms with E-state index in [1.807, 2.05) is 13.0 Å². The van der Waals surface area contributed by atoms with E-state index in [9.17, 15) is 9.59 Å². The molecule has 150 valence electrons. The number of nitrogen functional groups attached to an aromatic ring is 1. The number of aromatic nitrogens is 3. The number of rotatable bonds is 6. The number of hydrogen-bond acceptors (Lipinski definition) is 5. The van der Waals surface area contributed by atoms with Gasteiger partial charge in [-0.15, -0.1) is 5.10 Å². The van der Waals surface area contributed by atoms with Crippen LogP contribution in [0.25, 0.3) is 0 Å². The minimum Gasteiger partial charge on any atom is -0.382 e. The third kappa shape index (κ3) is 5.04. The molecule has 3 aromatic rings. The lowest BCUT2D eigenvalue weighted by atomic mass is 10.2. The van der Waals surface area contributed by atoms with E-state index in [0.717, 1.165) is 15.8 Å². The molecule has 0 radical (unpaired) electrons. The first-order valence-electron chi connectivity index (χ1n) is 8.61. The van der Waals surface area contributed by atoms with E-state index >= 15 is 0 Å². The van der Waals surface area contributed by atoms with Gasteiger partial charge in [-0.3, -0.25) is 9.59 Å². The van der Waals surface area contributed by atoms with E-state index in [0.29, 0.717) is 15.7 Å². The van der Waals surface area contributed by atoms with E-state index < -0.39 is 5.91 Å². The van der Waals surface area contributed by atoms with Gasteiger partial charge in [0.05, 0.1) is 0 Å². The van der Waals surface area contributed by atoms with Gasteiger partial charge < -0.3 is 16.4 Å². The smallest absolute Gasteiger partial charge is 0.275 e. The number of amides is 2. The number of carbonyl (C=O) groups excluding carboxylic acids is 2. The van der Waals surface area contributed by atoms with Gasteiger partial charge in [-0.05, 0) is 36.2 Å². The molecule has 29 heavy (non-hydrogen) atoms. The molecule has 0 atom stereocenters. The SMILES string of the molecule is Cc1ccc(Cl)cc1NC(=O)Cn1nnc(C(=O)NCc2ccccc2Cl)c1N. The lowest BCUT2D eigenvalue weighted by molar-refractivity contribution is -0.116. The topological polar surface area (TPSA) is 115 Å². The van der Waals surface area contributed by atoms with Gasteiger partial charge in [-0.1, -0.05) is 52.7 Å². The summed E-state index contributed by atoms with van der Waals surface area (Å²) >= 11 is 12.0. The number of halogens is 2. The fourth-order valence-electron chi connectivity index (χ4n) is 2.55. The highest BCUT2D eigenvalue weighted by Gasteiger charge is 2.19. The zero-order chi connectivity index (χ0) is 21.0.